The van der Waals surface area contributed by atoms with Crippen molar-refractivity contribution in [3.05, 3.63) is 47.7 Å². The third-order valence-corrected chi connectivity index (χ3v) is 6.97. The molecule has 1 aromatic carbocycles. The molecule has 2 amide bonds. The minimum Gasteiger partial charge on any atom is -0.496 e. The van der Waals surface area contributed by atoms with Crippen LogP contribution in [0.3, 0.4) is 0 Å². The molecular formula is C22H25N3O5. The number of hydrogen-bond donors (Lipinski definition) is 1. The zero-order valence-corrected chi connectivity index (χ0v) is 17.1. The lowest BCUT2D eigenvalue weighted by Crippen LogP contribution is -2.42. The summed E-state index contributed by atoms with van der Waals surface area (Å²) in [7, 11) is 1.60. The Kier molecular flexibility index (Phi) is 4.54. The molecule has 3 aliphatic rings. The summed E-state index contributed by atoms with van der Waals surface area (Å²) in [6.45, 7) is 3.59. The maximum absolute atomic E-state index is 12.8. The van der Waals surface area contributed by atoms with E-state index in [0.29, 0.717) is 36.6 Å². The summed E-state index contributed by atoms with van der Waals surface area (Å²) in [6, 6.07) is 5.47. The van der Waals surface area contributed by atoms with Gasteiger partial charge in [-0.1, -0.05) is 6.07 Å². The summed E-state index contributed by atoms with van der Waals surface area (Å²) in [5.74, 6) is 0.844. The van der Waals surface area contributed by atoms with Gasteiger partial charge in [0.25, 0.3) is 11.8 Å². The topological polar surface area (TPSA) is 93.9 Å². The van der Waals surface area contributed by atoms with E-state index in [1.54, 1.807) is 13.2 Å². The Labute approximate surface area is 174 Å². The molecule has 0 aliphatic carbocycles. The summed E-state index contributed by atoms with van der Waals surface area (Å²) in [5.41, 5.74) is 1.45. The molecule has 0 unspecified atom stereocenters. The van der Waals surface area contributed by atoms with Crippen molar-refractivity contribution in [1.82, 2.24) is 15.2 Å². The van der Waals surface area contributed by atoms with Crippen molar-refractivity contribution in [3.8, 4) is 5.75 Å². The van der Waals surface area contributed by atoms with Crippen molar-refractivity contribution in [2.75, 3.05) is 26.7 Å². The monoisotopic (exact) mass is 411 g/mol. The number of nitrogens with zero attached hydrogens (tertiary/aromatic N) is 2. The molecular weight excluding hydrogens is 386 g/mol. The predicted molar refractivity (Wildman–Crippen MR) is 106 cm³/mol. The Morgan fingerprint density at radius 3 is 3.03 bits per heavy atom. The van der Waals surface area contributed by atoms with Gasteiger partial charge in [0.05, 0.1) is 25.4 Å². The Balaban J connectivity index is 1.28. The van der Waals surface area contributed by atoms with Crippen molar-refractivity contribution in [1.29, 1.82) is 0 Å². The third kappa shape index (κ3) is 2.89. The summed E-state index contributed by atoms with van der Waals surface area (Å²) >= 11 is 0. The van der Waals surface area contributed by atoms with Gasteiger partial charge in [0.2, 0.25) is 0 Å². The minimum absolute atomic E-state index is 0.114. The summed E-state index contributed by atoms with van der Waals surface area (Å²) in [5, 5.41) is 3.09. The number of methoxy groups -OCH3 is 1. The van der Waals surface area contributed by atoms with Crippen LogP contribution in [-0.2, 0) is 4.74 Å². The second-order valence-electron chi connectivity index (χ2n) is 8.43. The summed E-state index contributed by atoms with van der Waals surface area (Å²) in [6.07, 6.45) is 4.68. The number of carbonyl (C=O) groups excluding carboxylic acids is 2. The zero-order chi connectivity index (χ0) is 20.9. The first-order valence-corrected chi connectivity index (χ1v) is 10.3. The molecule has 1 aromatic heterocycles. The van der Waals surface area contributed by atoms with Crippen LogP contribution in [0.5, 0.6) is 5.75 Å². The molecule has 3 saturated heterocycles. The van der Waals surface area contributed by atoms with Gasteiger partial charge in [0.15, 0.2) is 12.1 Å². The van der Waals surface area contributed by atoms with Gasteiger partial charge in [0, 0.05) is 36.1 Å². The van der Waals surface area contributed by atoms with Gasteiger partial charge in [-0.25, -0.2) is 4.98 Å². The number of ether oxygens (including phenoxy) is 2. The third-order valence-electron chi connectivity index (χ3n) is 6.97. The van der Waals surface area contributed by atoms with Crippen LogP contribution >= 0.6 is 0 Å². The second-order valence-corrected chi connectivity index (χ2v) is 8.43. The first-order valence-electron chi connectivity index (χ1n) is 10.3. The van der Waals surface area contributed by atoms with Crippen LogP contribution in [0, 0.1) is 18.8 Å². The van der Waals surface area contributed by atoms with Gasteiger partial charge in [-0.05, 0) is 31.9 Å². The highest BCUT2D eigenvalue weighted by Crippen LogP contribution is 2.54. The number of amides is 2. The van der Waals surface area contributed by atoms with E-state index in [-0.39, 0.29) is 35.4 Å². The molecule has 8 nitrogen and oxygen atoms in total. The number of rotatable bonds is 5. The summed E-state index contributed by atoms with van der Waals surface area (Å²) < 4.78 is 16.7. The molecule has 5 rings (SSSR count). The van der Waals surface area contributed by atoms with Crippen LogP contribution in [0.25, 0.3) is 0 Å². The number of oxazole rings is 1. The number of carbonyl (C=O) groups is 2. The average Bonchev–Trinajstić information content (AvgIpc) is 3.52. The highest BCUT2D eigenvalue weighted by Gasteiger charge is 2.63. The number of likely N-dealkylation sites (tertiary alicyclic amines) is 1. The van der Waals surface area contributed by atoms with Crippen LogP contribution in [-0.4, -0.2) is 60.1 Å². The number of hydrogen-bond acceptors (Lipinski definition) is 6. The zero-order valence-electron chi connectivity index (χ0n) is 17.1. The van der Waals surface area contributed by atoms with E-state index in [4.69, 9.17) is 13.9 Å². The molecule has 158 valence electrons. The maximum atomic E-state index is 12.8. The first kappa shape index (κ1) is 19.1. The number of nitrogens with one attached hydrogen (secondary N) is 1. The maximum Gasteiger partial charge on any atom is 0.275 e. The molecule has 1 N–H and O–H groups in total. The van der Waals surface area contributed by atoms with Crippen molar-refractivity contribution < 1.29 is 23.5 Å². The van der Waals surface area contributed by atoms with Crippen molar-refractivity contribution in [3.63, 3.8) is 0 Å². The van der Waals surface area contributed by atoms with Crippen molar-refractivity contribution >= 4 is 11.8 Å². The van der Waals surface area contributed by atoms with E-state index in [1.807, 2.05) is 24.0 Å². The van der Waals surface area contributed by atoms with Crippen molar-refractivity contribution in [2.24, 2.45) is 11.8 Å². The van der Waals surface area contributed by atoms with Crippen LogP contribution in [0.1, 0.15) is 39.3 Å². The number of fused-ring (bicyclic) bond motifs is 1. The molecule has 3 fully saturated rings. The van der Waals surface area contributed by atoms with Crippen molar-refractivity contribution in [2.45, 2.75) is 31.5 Å². The molecule has 1 spiro atoms. The smallest absolute Gasteiger partial charge is 0.275 e. The summed E-state index contributed by atoms with van der Waals surface area (Å²) in [4.78, 5) is 31.3. The quantitative estimate of drug-likeness (QED) is 0.809. The molecule has 4 atom stereocenters. The highest BCUT2D eigenvalue weighted by atomic mass is 16.5. The SMILES string of the molecule is COc1cccc(C(=O)NC[C@H]2[C@H]3CN(C(=O)c4cocn4)C[C@]34CC[C@H]2O4)c1C. The highest BCUT2D eigenvalue weighted by molar-refractivity contribution is 5.96. The fourth-order valence-electron chi connectivity index (χ4n) is 5.49. The number of benzene rings is 1. The molecule has 2 aromatic rings. The fraction of sp³-hybridized carbons (Fsp3) is 0.500. The number of aromatic nitrogens is 1. The van der Waals surface area contributed by atoms with Crippen LogP contribution in [0.4, 0.5) is 0 Å². The van der Waals surface area contributed by atoms with Crippen LogP contribution in [0.15, 0.2) is 35.3 Å². The van der Waals surface area contributed by atoms with Crippen LogP contribution in [0.2, 0.25) is 0 Å². The molecule has 0 radical (unpaired) electrons. The molecule has 2 bridgehead atoms. The molecule has 8 heteroatoms. The van der Waals surface area contributed by atoms with E-state index in [1.165, 1.54) is 12.7 Å². The minimum atomic E-state index is -0.300. The van der Waals surface area contributed by atoms with Gasteiger partial charge in [-0.3, -0.25) is 9.59 Å². The lowest BCUT2D eigenvalue weighted by molar-refractivity contribution is 0.00311. The molecule has 0 saturated carbocycles. The van der Waals surface area contributed by atoms with Gasteiger partial charge >= 0.3 is 0 Å². The normalized spacial score (nSPS) is 29.1. The lowest BCUT2D eigenvalue weighted by Gasteiger charge is -2.29. The van der Waals surface area contributed by atoms with E-state index in [9.17, 15) is 9.59 Å². The van der Waals surface area contributed by atoms with Gasteiger partial charge in [-0.2, -0.15) is 0 Å². The standard InChI is InChI=1S/C22H25N3O5/c1-13-14(4-3-5-18(13)28-2)20(26)23-8-15-16-9-25(21(27)17-10-29-12-24-17)11-22(16)7-6-19(15)30-22/h3-5,10,12,15-16,19H,6-9,11H2,1-2H3,(H,23,26)/t15-,16+,19+,22+/m0/s1. The van der Waals surface area contributed by atoms with E-state index < -0.39 is 0 Å². The van der Waals surface area contributed by atoms with E-state index >= 15 is 0 Å². The predicted octanol–water partition coefficient (Wildman–Crippen LogP) is 2.04. The van der Waals surface area contributed by atoms with Crippen LogP contribution < -0.4 is 10.1 Å². The van der Waals surface area contributed by atoms with E-state index in [0.717, 1.165) is 18.4 Å². The lowest BCUT2D eigenvalue weighted by atomic mass is 9.73. The second kappa shape index (κ2) is 7.12. The Hall–Kier alpha value is -2.87. The molecule has 30 heavy (non-hydrogen) atoms. The van der Waals surface area contributed by atoms with Gasteiger partial charge in [-0.15, -0.1) is 0 Å². The van der Waals surface area contributed by atoms with Gasteiger partial charge < -0.3 is 24.1 Å². The fourth-order valence-corrected chi connectivity index (χ4v) is 5.49. The molecule has 3 aliphatic heterocycles. The molecule has 4 heterocycles. The van der Waals surface area contributed by atoms with E-state index in [2.05, 4.69) is 10.3 Å². The van der Waals surface area contributed by atoms with Gasteiger partial charge in [0.1, 0.15) is 12.0 Å². The Morgan fingerprint density at radius 1 is 1.40 bits per heavy atom. The first-order chi connectivity index (χ1) is 14.5. The Bertz CT molecular complexity index is 975. The largest absolute Gasteiger partial charge is 0.496 e. The average molecular weight is 411 g/mol. The Morgan fingerprint density at radius 2 is 2.27 bits per heavy atom.